The molecule has 8 heteroatoms. The molecule has 0 aromatic heterocycles. The second kappa shape index (κ2) is 5.39. The molecular formula is C5H5Cl2N3O3. The van der Waals surface area contributed by atoms with E-state index in [0.717, 1.165) is 6.21 Å². The lowest BCUT2D eigenvalue weighted by Crippen LogP contribution is -2.24. The van der Waals surface area contributed by atoms with Crippen LogP contribution in [0.1, 0.15) is 0 Å². The van der Waals surface area contributed by atoms with Gasteiger partial charge in [0.1, 0.15) is 5.03 Å². The van der Waals surface area contributed by atoms with Crippen LogP contribution >= 0.6 is 23.2 Å². The monoisotopic (exact) mass is 225 g/mol. The van der Waals surface area contributed by atoms with E-state index in [0.29, 0.717) is 0 Å². The minimum atomic E-state index is -1.39. The molecule has 0 saturated carbocycles. The largest absolute Gasteiger partial charge is 0.477 e. The van der Waals surface area contributed by atoms with Crippen LogP contribution in [-0.2, 0) is 4.79 Å². The van der Waals surface area contributed by atoms with Gasteiger partial charge in [-0.15, -0.1) is 0 Å². The number of nitrogens with one attached hydrogen (secondary N) is 1. The Kier molecular flexibility index (Phi) is 4.86. The van der Waals surface area contributed by atoms with Crippen LogP contribution in [0.4, 0.5) is 4.79 Å². The highest BCUT2D eigenvalue weighted by Crippen LogP contribution is 2.11. The number of nitrogens with zero attached hydrogens (tertiary/aromatic N) is 1. The predicted molar refractivity (Wildman–Crippen MR) is 47.6 cm³/mol. The third-order valence-electron chi connectivity index (χ3n) is 0.750. The van der Waals surface area contributed by atoms with Gasteiger partial charge in [-0.2, -0.15) is 5.10 Å². The van der Waals surface area contributed by atoms with Gasteiger partial charge >= 0.3 is 12.0 Å². The van der Waals surface area contributed by atoms with E-state index in [1.807, 2.05) is 5.43 Å². The van der Waals surface area contributed by atoms with Crippen LogP contribution in [-0.4, -0.2) is 23.3 Å². The van der Waals surface area contributed by atoms with Gasteiger partial charge in [0, 0.05) is 0 Å². The van der Waals surface area contributed by atoms with Gasteiger partial charge in [0.2, 0.25) is 0 Å². The molecule has 0 aliphatic carbocycles. The molecule has 6 nitrogen and oxygen atoms in total. The number of carbonyl (C=O) groups excluding carboxylic acids is 1. The average molecular weight is 226 g/mol. The van der Waals surface area contributed by atoms with Gasteiger partial charge in [0.15, 0.2) is 0 Å². The molecule has 72 valence electrons. The van der Waals surface area contributed by atoms with Crippen molar-refractivity contribution in [1.29, 1.82) is 0 Å². The second-order valence-electron chi connectivity index (χ2n) is 1.70. The van der Waals surface area contributed by atoms with E-state index >= 15 is 0 Å². The number of hydrogen-bond acceptors (Lipinski definition) is 3. The van der Waals surface area contributed by atoms with Crippen molar-refractivity contribution in [3.8, 4) is 0 Å². The first-order chi connectivity index (χ1) is 5.95. The number of urea groups is 1. The SMILES string of the molecule is NC(=O)N/N=C/C(Cl)=C(/Cl)C(=O)O. The third kappa shape index (κ3) is 5.05. The topological polar surface area (TPSA) is 105 Å². The highest BCUT2D eigenvalue weighted by Gasteiger charge is 2.07. The second-order valence-corrected chi connectivity index (χ2v) is 2.49. The van der Waals surface area contributed by atoms with Gasteiger partial charge in [0.25, 0.3) is 0 Å². The predicted octanol–water partition coefficient (Wildman–Crippen LogP) is 0.414. The summed E-state index contributed by atoms with van der Waals surface area (Å²) in [7, 11) is 0. The summed E-state index contributed by atoms with van der Waals surface area (Å²) in [5.41, 5.74) is 6.45. The maximum Gasteiger partial charge on any atom is 0.348 e. The summed E-state index contributed by atoms with van der Waals surface area (Å²) in [4.78, 5) is 20.3. The Labute approximate surface area is 83.0 Å². The maximum absolute atomic E-state index is 10.2. The lowest BCUT2D eigenvalue weighted by atomic mass is 10.5. The first-order valence-corrected chi connectivity index (χ1v) is 3.57. The zero-order valence-corrected chi connectivity index (χ0v) is 7.63. The lowest BCUT2D eigenvalue weighted by Gasteiger charge is -1.92. The summed E-state index contributed by atoms with van der Waals surface area (Å²) in [6.45, 7) is 0. The summed E-state index contributed by atoms with van der Waals surface area (Å²) >= 11 is 10.5. The average Bonchev–Trinajstić information content (AvgIpc) is 2.02. The minimum Gasteiger partial charge on any atom is -0.477 e. The molecule has 0 atom stereocenters. The molecule has 0 aromatic carbocycles. The van der Waals surface area contributed by atoms with Gasteiger partial charge in [0.05, 0.1) is 11.2 Å². The van der Waals surface area contributed by atoms with Crippen LogP contribution in [0.5, 0.6) is 0 Å². The molecule has 0 aliphatic rings. The van der Waals surface area contributed by atoms with Gasteiger partial charge in [-0.05, 0) is 0 Å². The zero-order chi connectivity index (χ0) is 10.4. The molecule has 0 spiro atoms. The van der Waals surface area contributed by atoms with E-state index < -0.39 is 17.0 Å². The fraction of sp³-hybridized carbons (Fsp3) is 0. The number of hydrazone groups is 1. The van der Waals surface area contributed by atoms with Crippen LogP contribution in [0, 0.1) is 0 Å². The Morgan fingerprint density at radius 1 is 1.46 bits per heavy atom. The smallest absolute Gasteiger partial charge is 0.348 e. The number of allylic oxidation sites excluding steroid dienone is 1. The van der Waals surface area contributed by atoms with Crippen molar-refractivity contribution in [1.82, 2.24) is 5.43 Å². The fourth-order valence-electron chi connectivity index (χ4n) is 0.311. The standard InChI is InChI=1S/C5H5Cl2N3O3/c6-2(3(7)4(11)12)1-9-10-5(8)13/h1H,(H,11,12)(H3,8,10,13)/b3-2-,9-1+. The molecule has 0 heterocycles. The maximum atomic E-state index is 10.2. The number of halogens is 2. The van der Waals surface area contributed by atoms with Crippen molar-refractivity contribution in [2.45, 2.75) is 0 Å². The Balaban J connectivity index is 4.36. The number of primary amides is 1. The van der Waals surface area contributed by atoms with Crippen LogP contribution in [0.2, 0.25) is 0 Å². The van der Waals surface area contributed by atoms with E-state index in [1.54, 1.807) is 0 Å². The van der Waals surface area contributed by atoms with Crippen LogP contribution in [0.25, 0.3) is 0 Å². The van der Waals surface area contributed by atoms with Crippen molar-refractivity contribution in [2.24, 2.45) is 10.8 Å². The summed E-state index contributed by atoms with van der Waals surface area (Å²) in [6.07, 6.45) is 0.850. The molecular weight excluding hydrogens is 221 g/mol. The fourth-order valence-corrected chi connectivity index (χ4v) is 0.490. The third-order valence-corrected chi connectivity index (χ3v) is 1.50. The van der Waals surface area contributed by atoms with Crippen molar-refractivity contribution in [2.75, 3.05) is 0 Å². The van der Waals surface area contributed by atoms with Crippen molar-refractivity contribution in [3.05, 3.63) is 10.1 Å². The lowest BCUT2D eigenvalue weighted by molar-refractivity contribution is -0.131. The van der Waals surface area contributed by atoms with Gasteiger partial charge in [-0.1, -0.05) is 23.2 Å². The highest BCUT2D eigenvalue weighted by molar-refractivity contribution is 6.51. The first-order valence-electron chi connectivity index (χ1n) is 2.82. The Morgan fingerprint density at radius 3 is 2.38 bits per heavy atom. The van der Waals surface area contributed by atoms with Crippen LogP contribution in [0.15, 0.2) is 15.2 Å². The first kappa shape index (κ1) is 11.7. The molecule has 0 radical (unpaired) electrons. The van der Waals surface area contributed by atoms with Gasteiger partial charge < -0.3 is 10.8 Å². The number of carboxylic acid groups (broad SMARTS) is 1. The van der Waals surface area contributed by atoms with E-state index in [-0.39, 0.29) is 5.03 Å². The minimum absolute atomic E-state index is 0.317. The van der Waals surface area contributed by atoms with Crippen molar-refractivity contribution < 1.29 is 14.7 Å². The van der Waals surface area contributed by atoms with Gasteiger partial charge in [-0.25, -0.2) is 15.0 Å². The molecule has 0 aromatic rings. The summed E-state index contributed by atoms with van der Waals surface area (Å²) < 4.78 is 0. The number of amides is 2. The van der Waals surface area contributed by atoms with E-state index in [4.69, 9.17) is 28.3 Å². The normalized spacial score (nSPS) is 12.5. The number of hydrogen-bond donors (Lipinski definition) is 3. The van der Waals surface area contributed by atoms with Crippen LogP contribution in [0.3, 0.4) is 0 Å². The molecule has 4 N–H and O–H groups in total. The van der Waals surface area contributed by atoms with E-state index in [2.05, 4.69) is 10.8 Å². The molecule has 0 fully saturated rings. The molecule has 2 amide bonds. The van der Waals surface area contributed by atoms with E-state index in [1.165, 1.54) is 0 Å². The van der Waals surface area contributed by atoms with Crippen LogP contribution < -0.4 is 11.2 Å². The Bertz CT molecular complexity index is 287. The van der Waals surface area contributed by atoms with Crippen molar-refractivity contribution in [3.63, 3.8) is 0 Å². The van der Waals surface area contributed by atoms with E-state index in [9.17, 15) is 9.59 Å². The Hall–Kier alpha value is -1.27. The zero-order valence-electron chi connectivity index (χ0n) is 6.12. The quantitative estimate of drug-likeness (QED) is 0.368. The van der Waals surface area contributed by atoms with Gasteiger partial charge in [-0.3, -0.25) is 0 Å². The molecule has 0 bridgehead atoms. The van der Waals surface area contributed by atoms with Crippen molar-refractivity contribution >= 4 is 41.4 Å². The Morgan fingerprint density at radius 2 is 2.00 bits per heavy atom. The molecule has 13 heavy (non-hydrogen) atoms. The summed E-state index contributed by atoms with van der Waals surface area (Å²) in [5.74, 6) is -1.39. The highest BCUT2D eigenvalue weighted by atomic mass is 35.5. The summed E-state index contributed by atoms with van der Waals surface area (Å²) in [5, 5.41) is 10.6. The molecule has 0 rings (SSSR count). The number of carbonyl (C=O) groups is 2. The molecule has 0 unspecified atom stereocenters. The molecule has 0 saturated heterocycles. The molecule has 0 aliphatic heterocycles. The number of nitrogens with two attached hydrogens (primary N) is 1. The number of carboxylic acids is 1. The number of aliphatic carboxylic acids is 1. The number of rotatable bonds is 3. The summed E-state index contributed by atoms with van der Waals surface area (Å²) in [6, 6.07) is -0.896.